The summed E-state index contributed by atoms with van der Waals surface area (Å²) in [4.78, 5) is 0.619. The van der Waals surface area contributed by atoms with Crippen LogP contribution in [0.5, 0.6) is 17.2 Å². The third-order valence-electron chi connectivity index (χ3n) is 2.90. The third-order valence-corrected chi connectivity index (χ3v) is 3.48. The predicted molar refractivity (Wildman–Crippen MR) is 78.7 cm³/mol. The molecule has 0 aliphatic heterocycles. The topological polar surface area (TPSA) is 66.8 Å². The molecule has 0 unspecified atom stereocenters. The normalized spacial score (nSPS) is 10.1. The van der Waals surface area contributed by atoms with Gasteiger partial charge in [-0.25, -0.2) is 4.21 Å². The maximum Gasteiger partial charge on any atom is 0.161 e. The summed E-state index contributed by atoms with van der Waals surface area (Å²) in [6.45, 7) is 0. The van der Waals surface area contributed by atoms with E-state index in [1.807, 2.05) is 0 Å². The Kier molecular flexibility index (Phi) is 4.42. The van der Waals surface area contributed by atoms with Crippen molar-refractivity contribution in [3.63, 3.8) is 0 Å². The molecule has 2 N–H and O–H groups in total. The van der Waals surface area contributed by atoms with Crippen molar-refractivity contribution in [1.29, 1.82) is 0 Å². The number of methoxy groups -OCH3 is 1. The molecule has 0 aliphatic rings. The molecular formula is C15H14O4S. The Morgan fingerprint density at radius 2 is 1.85 bits per heavy atom. The second-order valence-corrected chi connectivity index (χ2v) is 4.90. The standard InChI is InChI=1S/C15H14O4S/c1-19-14-9-11(4-7-13(14)17)15(20-18)8-10-2-5-12(16)6-3-10/h2-7,9,16-17H,8H2,1H3. The maximum absolute atomic E-state index is 11.3. The number of rotatable bonds is 4. The zero-order valence-electron chi connectivity index (χ0n) is 10.9. The maximum atomic E-state index is 11.3. The van der Waals surface area contributed by atoms with Gasteiger partial charge >= 0.3 is 0 Å². The highest BCUT2D eigenvalue weighted by molar-refractivity contribution is 7.67. The fraction of sp³-hybridized carbons (Fsp3) is 0.133. The van der Waals surface area contributed by atoms with E-state index in [-0.39, 0.29) is 11.5 Å². The van der Waals surface area contributed by atoms with Crippen molar-refractivity contribution < 1.29 is 19.2 Å². The molecule has 0 amide bonds. The number of ether oxygens (including phenoxy) is 1. The highest BCUT2D eigenvalue weighted by atomic mass is 32.1. The van der Waals surface area contributed by atoms with E-state index in [4.69, 9.17) is 4.74 Å². The van der Waals surface area contributed by atoms with Crippen molar-refractivity contribution in [1.82, 2.24) is 0 Å². The summed E-state index contributed by atoms with van der Waals surface area (Å²) in [5, 5.41) is 18.8. The number of hydrogen-bond donors (Lipinski definition) is 2. The van der Waals surface area contributed by atoms with Crippen LogP contribution in [0.4, 0.5) is 0 Å². The first kappa shape index (κ1) is 14.1. The molecule has 4 nitrogen and oxygen atoms in total. The summed E-state index contributed by atoms with van der Waals surface area (Å²) in [5.41, 5.74) is 1.64. The molecule has 0 fully saturated rings. The van der Waals surface area contributed by atoms with Crippen molar-refractivity contribution in [2.24, 2.45) is 0 Å². The van der Waals surface area contributed by atoms with Gasteiger partial charge in [0.1, 0.15) is 5.75 Å². The summed E-state index contributed by atoms with van der Waals surface area (Å²) >= 11 is 0.414. The molecule has 0 atom stereocenters. The average molecular weight is 290 g/mol. The van der Waals surface area contributed by atoms with Gasteiger partial charge < -0.3 is 14.9 Å². The molecule has 0 bridgehead atoms. The first-order valence-electron chi connectivity index (χ1n) is 5.95. The predicted octanol–water partition coefficient (Wildman–Crippen LogP) is 2.08. The smallest absolute Gasteiger partial charge is 0.161 e. The summed E-state index contributed by atoms with van der Waals surface area (Å²) in [5.74, 6) is 0.562. The van der Waals surface area contributed by atoms with Crippen LogP contribution < -0.4 is 4.74 Å². The van der Waals surface area contributed by atoms with Gasteiger partial charge in [-0.1, -0.05) is 12.1 Å². The Bertz CT molecular complexity index is 658. The zero-order chi connectivity index (χ0) is 14.5. The number of aromatic hydroxyl groups is 2. The molecule has 2 aromatic rings. The van der Waals surface area contributed by atoms with Crippen molar-refractivity contribution in [2.75, 3.05) is 7.11 Å². The molecule has 5 heteroatoms. The Morgan fingerprint density at radius 1 is 1.15 bits per heavy atom. The molecule has 0 heterocycles. The summed E-state index contributed by atoms with van der Waals surface area (Å²) in [6.07, 6.45) is 0.461. The molecule has 0 aliphatic carbocycles. The monoisotopic (exact) mass is 290 g/mol. The van der Waals surface area contributed by atoms with Gasteiger partial charge in [0.15, 0.2) is 11.5 Å². The summed E-state index contributed by atoms with van der Waals surface area (Å²) in [7, 11) is 1.46. The van der Waals surface area contributed by atoms with Crippen LogP contribution in [0.3, 0.4) is 0 Å². The van der Waals surface area contributed by atoms with Gasteiger partial charge in [-0.15, -0.1) is 0 Å². The van der Waals surface area contributed by atoms with E-state index in [1.54, 1.807) is 36.4 Å². The number of phenolic OH excluding ortho intramolecular Hbond substituents is 2. The highest BCUT2D eigenvalue weighted by Crippen LogP contribution is 2.26. The third kappa shape index (κ3) is 3.19. The van der Waals surface area contributed by atoms with Gasteiger partial charge in [0, 0.05) is 6.42 Å². The molecular weight excluding hydrogens is 276 g/mol. The molecule has 2 rings (SSSR count). The van der Waals surface area contributed by atoms with E-state index >= 15 is 0 Å². The van der Waals surface area contributed by atoms with Gasteiger partial charge in [-0.05, 0) is 41.5 Å². The van der Waals surface area contributed by atoms with Gasteiger partial charge in [-0.3, -0.25) is 0 Å². The highest BCUT2D eigenvalue weighted by Gasteiger charge is 2.09. The molecule has 104 valence electrons. The van der Waals surface area contributed by atoms with Crippen LogP contribution in [0.2, 0.25) is 0 Å². The fourth-order valence-electron chi connectivity index (χ4n) is 1.83. The van der Waals surface area contributed by atoms with E-state index in [2.05, 4.69) is 0 Å². The van der Waals surface area contributed by atoms with E-state index < -0.39 is 0 Å². The molecule has 0 saturated heterocycles. The second kappa shape index (κ2) is 6.25. The van der Waals surface area contributed by atoms with Gasteiger partial charge in [-0.2, -0.15) is 0 Å². The summed E-state index contributed by atoms with van der Waals surface area (Å²) in [6, 6.07) is 11.5. The molecule has 0 radical (unpaired) electrons. The second-order valence-electron chi connectivity index (χ2n) is 4.24. The average Bonchev–Trinajstić information content (AvgIpc) is 2.47. The van der Waals surface area contributed by atoms with Crippen LogP contribution in [0.25, 0.3) is 0 Å². The van der Waals surface area contributed by atoms with E-state index in [0.717, 1.165) is 5.56 Å². The Labute approximate surface area is 120 Å². The quantitative estimate of drug-likeness (QED) is 0.668. The number of hydrogen-bond acceptors (Lipinski definition) is 4. The van der Waals surface area contributed by atoms with Crippen molar-refractivity contribution in [2.45, 2.75) is 6.42 Å². The van der Waals surface area contributed by atoms with Gasteiger partial charge in [0.25, 0.3) is 0 Å². The SMILES string of the molecule is COc1cc(C(Cc2ccc(O)cc2)=S=O)ccc1O. The van der Waals surface area contributed by atoms with Crippen LogP contribution >= 0.6 is 0 Å². The van der Waals surface area contributed by atoms with E-state index in [1.165, 1.54) is 13.2 Å². The van der Waals surface area contributed by atoms with Crippen molar-refractivity contribution >= 4 is 16.1 Å². The molecule has 2 aromatic carbocycles. The minimum absolute atomic E-state index is 0.0381. The fourth-order valence-corrected chi connectivity index (χ4v) is 2.28. The lowest BCUT2D eigenvalue weighted by molar-refractivity contribution is 0.373. The Morgan fingerprint density at radius 3 is 2.45 bits per heavy atom. The van der Waals surface area contributed by atoms with Gasteiger partial charge in [0.2, 0.25) is 0 Å². The van der Waals surface area contributed by atoms with Crippen molar-refractivity contribution in [3.05, 3.63) is 53.6 Å². The Balaban J connectivity index is 2.29. The van der Waals surface area contributed by atoms with E-state index in [9.17, 15) is 14.4 Å². The first-order valence-corrected chi connectivity index (χ1v) is 6.69. The van der Waals surface area contributed by atoms with Crippen LogP contribution in [-0.2, 0) is 17.7 Å². The minimum atomic E-state index is 0.0381. The van der Waals surface area contributed by atoms with Crippen LogP contribution in [0.1, 0.15) is 11.1 Å². The molecule has 0 spiro atoms. The first-order chi connectivity index (χ1) is 9.63. The lowest BCUT2D eigenvalue weighted by Gasteiger charge is -2.08. The summed E-state index contributed by atoms with van der Waals surface area (Å²) < 4.78 is 16.4. The Hall–Kier alpha value is -2.27. The van der Waals surface area contributed by atoms with E-state index in [0.29, 0.717) is 33.9 Å². The van der Waals surface area contributed by atoms with Gasteiger partial charge in [0.05, 0.1) is 23.2 Å². The zero-order valence-corrected chi connectivity index (χ0v) is 11.7. The van der Waals surface area contributed by atoms with Crippen LogP contribution in [-0.4, -0.2) is 26.4 Å². The molecule has 0 aromatic heterocycles. The number of phenols is 2. The van der Waals surface area contributed by atoms with Crippen molar-refractivity contribution in [3.8, 4) is 17.2 Å². The molecule has 20 heavy (non-hydrogen) atoms. The largest absolute Gasteiger partial charge is 0.508 e. The minimum Gasteiger partial charge on any atom is -0.508 e. The van der Waals surface area contributed by atoms with Crippen LogP contribution in [0, 0.1) is 0 Å². The lowest BCUT2D eigenvalue weighted by atomic mass is 10.0. The number of benzene rings is 2. The lowest BCUT2D eigenvalue weighted by Crippen LogP contribution is -2.05. The molecule has 0 saturated carbocycles. The van der Waals surface area contributed by atoms with Crippen LogP contribution in [0.15, 0.2) is 42.5 Å².